The van der Waals surface area contributed by atoms with Crippen molar-refractivity contribution in [3.05, 3.63) is 24.0 Å². The molecule has 1 heterocycles. The van der Waals surface area contributed by atoms with Gasteiger partial charge in [0, 0.05) is 24.5 Å². The maximum atomic E-state index is 11.9. The fourth-order valence-corrected chi connectivity index (χ4v) is 2.15. The van der Waals surface area contributed by atoms with Crippen molar-refractivity contribution in [2.75, 3.05) is 11.9 Å². The van der Waals surface area contributed by atoms with Gasteiger partial charge >= 0.3 is 0 Å². The van der Waals surface area contributed by atoms with Crippen LogP contribution in [-0.2, 0) is 0 Å². The van der Waals surface area contributed by atoms with E-state index >= 15 is 0 Å². The largest absolute Gasteiger partial charge is 0.385 e. The first-order valence-electron chi connectivity index (χ1n) is 6.19. The molecule has 0 bridgehead atoms. The normalized spacial score (nSPS) is 22.7. The van der Waals surface area contributed by atoms with Gasteiger partial charge in [-0.2, -0.15) is 0 Å². The molecule has 0 unspecified atom stereocenters. The third-order valence-corrected chi connectivity index (χ3v) is 3.08. The lowest BCUT2D eigenvalue weighted by atomic mass is 9.82. The van der Waals surface area contributed by atoms with Crippen molar-refractivity contribution >= 4 is 11.6 Å². The number of nitrogens with zero attached hydrogens (tertiary/aromatic N) is 1. The number of carbonyl (C=O) groups is 1. The molecule has 1 amide bonds. The Hall–Kier alpha value is -1.58. The average molecular weight is 233 g/mol. The first-order valence-corrected chi connectivity index (χ1v) is 6.19. The second kappa shape index (κ2) is 5.17. The number of hydrogen-bond acceptors (Lipinski definition) is 3. The second-order valence-electron chi connectivity index (χ2n) is 4.71. The third-order valence-electron chi connectivity index (χ3n) is 3.08. The maximum Gasteiger partial charge on any atom is 0.270 e. The molecule has 1 saturated carbocycles. The first-order chi connectivity index (χ1) is 8.19. The van der Waals surface area contributed by atoms with Crippen LogP contribution in [0.2, 0.25) is 0 Å². The summed E-state index contributed by atoms with van der Waals surface area (Å²) in [5, 5.41) is 6.17. The summed E-state index contributed by atoms with van der Waals surface area (Å²) in [4.78, 5) is 16.0. The fourth-order valence-electron chi connectivity index (χ4n) is 2.15. The van der Waals surface area contributed by atoms with Gasteiger partial charge in [0.15, 0.2) is 0 Å². The Kier molecular flexibility index (Phi) is 3.61. The van der Waals surface area contributed by atoms with Gasteiger partial charge in [-0.15, -0.1) is 0 Å². The number of rotatable bonds is 4. The molecule has 2 N–H and O–H groups in total. The zero-order chi connectivity index (χ0) is 12.3. The number of nitrogens with one attached hydrogen (secondary N) is 2. The van der Waals surface area contributed by atoms with E-state index in [1.54, 1.807) is 12.3 Å². The third kappa shape index (κ3) is 2.96. The van der Waals surface area contributed by atoms with Gasteiger partial charge in [0.05, 0.1) is 0 Å². The summed E-state index contributed by atoms with van der Waals surface area (Å²) in [6, 6.07) is 3.99. The van der Waals surface area contributed by atoms with E-state index in [1.165, 1.54) is 0 Å². The molecule has 0 aliphatic heterocycles. The van der Waals surface area contributed by atoms with E-state index in [4.69, 9.17) is 0 Å². The van der Waals surface area contributed by atoms with Gasteiger partial charge in [-0.3, -0.25) is 9.78 Å². The van der Waals surface area contributed by atoms with Crippen molar-refractivity contribution in [3.8, 4) is 0 Å². The summed E-state index contributed by atoms with van der Waals surface area (Å²) in [5.74, 6) is 0.669. The molecular formula is C13H19N3O. The van der Waals surface area contributed by atoms with Crippen molar-refractivity contribution in [3.63, 3.8) is 0 Å². The van der Waals surface area contributed by atoms with E-state index in [-0.39, 0.29) is 5.91 Å². The molecule has 1 aromatic rings. The summed E-state index contributed by atoms with van der Waals surface area (Å²) < 4.78 is 0. The van der Waals surface area contributed by atoms with Crippen LogP contribution < -0.4 is 10.6 Å². The van der Waals surface area contributed by atoms with Crippen LogP contribution in [0.1, 0.15) is 37.2 Å². The van der Waals surface area contributed by atoms with Crippen LogP contribution in [0.5, 0.6) is 0 Å². The predicted molar refractivity (Wildman–Crippen MR) is 68.1 cm³/mol. The monoisotopic (exact) mass is 233 g/mol. The van der Waals surface area contributed by atoms with Gasteiger partial charge in [-0.05, 0) is 37.8 Å². The molecule has 0 saturated heterocycles. The smallest absolute Gasteiger partial charge is 0.270 e. The summed E-state index contributed by atoms with van der Waals surface area (Å²) in [7, 11) is 0. The van der Waals surface area contributed by atoms with E-state index < -0.39 is 0 Å². The summed E-state index contributed by atoms with van der Waals surface area (Å²) in [6.45, 7) is 5.06. The quantitative estimate of drug-likeness (QED) is 0.836. The Morgan fingerprint density at radius 3 is 2.94 bits per heavy atom. The molecule has 1 fully saturated rings. The summed E-state index contributed by atoms with van der Waals surface area (Å²) in [6.07, 6.45) is 3.83. The number of amides is 1. The first kappa shape index (κ1) is 11.9. The lowest BCUT2D eigenvalue weighted by Gasteiger charge is -2.33. The molecule has 0 aromatic carbocycles. The van der Waals surface area contributed by atoms with Crippen molar-refractivity contribution in [1.29, 1.82) is 0 Å². The van der Waals surface area contributed by atoms with Crippen LogP contribution in [0.4, 0.5) is 5.69 Å². The molecule has 92 valence electrons. The van der Waals surface area contributed by atoms with Crippen molar-refractivity contribution in [2.24, 2.45) is 5.92 Å². The van der Waals surface area contributed by atoms with Gasteiger partial charge in [-0.1, -0.05) is 6.92 Å². The lowest BCUT2D eigenvalue weighted by Crippen LogP contribution is -2.43. The van der Waals surface area contributed by atoms with E-state index in [0.717, 1.165) is 31.0 Å². The van der Waals surface area contributed by atoms with Crippen LogP contribution in [0, 0.1) is 5.92 Å². The standard InChI is InChI=1S/C13H19N3O/c1-3-14-10-4-5-15-12(8-10)13(17)16-11-6-9(2)7-11/h4-5,8-9,11H,3,6-7H2,1-2H3,(H,14,15)(H,16,17). The van der Waals surface area contributed by atoms with Crippen molar-refractivity contribution < 1.29 is 4.79 Å². The van der Waals surface area contributed by atoms with Gasteiger partial charge in [0.1, 0.15) is 5.69 Å². The van der Waals surface area contributed by atoms with Crippen LogP contribution in [0.25, 0.3) is 0 Å². The molecular weight excluding hydrogens is 214 g/mol. The molecule has 1 aliphatic rings. The van der Waals surface area contributed by atoms with Crippen molar-refractivity contribution in [2.45, 2.75) is 32.7 Å². The molecule has 0 spiro atoms. The van der Waals surface area contributed by atoms with E-state index in [2.05, 4.69) is 22.5 Å². The molecule has 0 atom stereocenters. The highest BCUT2D eigenvalue weighted by Gasteiger charge is 2.27. The molecule has 1 aliphatic carbocycles. The van der Waals surface area contributed by atoms with Gasteiger partial charge in [0.2, 0.25) is 0 Å². The van der Waals surface area contributed by atoms with E-state index in [9.17, 15) is 4.79 Å². The topological polar surface area (TPSA) is 54.0 Å². The summed E-state index contributed by atoms with van der Waals surface area (Å²) in [5.41, 5.74) is 1.43. The Bertz CT molecular complexity index is 399. The number of pyridine rings is 1. The number of anilines is 1. The van der Waals surface area contributed by atoms with Gasteiger partial charge in [0.25, 0.3) is 5.91 Å². The van der Waals surface area contributed by atoms with Gasteiger partial charge < -0.3 is 10.6 Å². The molecule has 4 heteroatoms. The number of carbonyl (C=O) groups excluding carboxylic acids is 1. The average Bonchev–Trinajstić information content (AvgIpc) is 2.28. The highest BCUT2D eigenvalue weighted by molar-refractivity contribution is 5.93. The number of hydrogen-bond donors (Lipinski definition) is 2. The zero-order valence-corrected chi connectivity index (χ0v) is 10.4. The lowest BCUT2D eigenvalue weighted by molar-refractivity contribution is 0.0891. The minimum atomic E-state index is -0.0679. The highest BCUT2D eigenvalue weighted by Crippen LogP contribution is 2.26. The molecule has 4 nitrogen and oxygen atoms in total. The van der Waals surface area contributed by atoms with Crippen LogP contribution in [0.3, 0.4) is 0 Å². The second-order valence-corrected chi connectivity index (χ2v) is 4.71. The zero-order valence-electron chi connectivity index (χ0n) is 10.4. The Labute approximate surface area is 102 Å². The van der Waals surface area contributed by atoms with Crippen LogP contribution in [0.15, 0.2) is 18.3 Å². The minimum Gasteiger partial charge on any atom is -0.385 e. The van der Waals surface area contributed by atoms with Crippen molar-refractivity contribution in [1.82, 2.24) is 10.3 Å². The molecule has 1 aromatic heterocycles. The predicted octanol–water partition coefficient (Wildman–Crippen LogP) is 2.04. The Balaban J connectivity index is 1.96. The van der Waals surface area contributed by atoms with E-state index in [1.807, 2.05) is 13.0 Å². The minimum absolute atomic E-state index is 0.0679. The Morgan fingerprint density at radius 1 is 1.53 bits per heavy atom. The maximum absolute atomic E-state index is 11.9. The summed E-state index contributed by atoms with van der Waals surface area (Å²) >= 11 is 0. The Morgan fingerprint density at radius 2 is 2.29 bits per heavy atom. The van der Waals surface area contributed by atoms with Crippen LogP contribution in [-0.4, -0.2) is 23.5 Å². The highest BCUT2D eigenvalue weighted by atomic mass is 16.1. The molecule has 2 rings (SSSR count). The van der Waals surface area contributed by atoms with Gasteiger partial charge in [-0.25, -0.2) is 0 Å². The number of aromatic nitrogens is 1. The van der Waals surface area contributed by atoms with Crippen LogP contribution >= 0.6 is 0 Å². The molecule has 17 heavy (non-hydrogen) atoms. The fraction of sp³-hybridized carbons (Fsp3) is 0.538. The SMILES string of the molecule is CCNc1ccnc(C(=O)NC2CC(C)C2)c1. The van der Waals surface area contributed by atoms with E-state index in [0.29, 0.717) is 11.7 Å². The molecule has 0 radical (unpaired) electrons.